The van der Waals surface area contributed by atoms with Crippen LogP contribution in [0.3, 0.4) is 0 Å². The van der Waals surface area contributed by atoms with E-state index in [1.807, 2.05) is 0 Å². The largest absolute Gasteiger partial charge is 0.0884 e. The van der Waals surface area contributed by atoms with Gasteiger partial charge in [-0.2, -0.15) is 0 Å². The molecule has 2 rings (SSSR count). The van der Waals surface area contributed by atoms with Crippen LogP contribution in [0.15, 0.2) is 24.3 Å². The lowest BCUT2D eigenvalue weighted by molar-refractivity contribution is 0.308. The van der Waals surface area contributed by atoms with Crippen LogP contribution in [0.1, 0.15) is 30.4 Å². The lowest BCUT2D eigenvalue weighted by Gasteiger charge is -2.30. The molecule has 0 aliphatic heterocycles. The van der Waals surface area contributed by atoms with Gasteiger partial charge in [0.15, 0.2) is 0 Å². The van der Waals surface area contributed by atoms with E-state index in [-0.39, 0.29) is 0 Å². The zero-order valence-electron chi connectivity index (χ0n) is 8.67. The minimum atomic E-state index is 0.693. The Morgan fingerprint density at radius 2 is 1.93 bits per heavy atom. The van der Waals surface area contributed by atoms with Crippen LogP contribution >= 0.6 is 15.9 Å². The van der Waals surface area contributed by atoms with Gasteiger partial charge in [-0.1, -0.05) is 52.2 Å². The van der Waals surface area contributed by atoms with E-state index in [0.29, 0.717) is 4.83 Å². The Labute approximate surface area is 94.8 Å². The van der Waals surface area contributed by atoms with Gasteiger partial charge in [-0.25, -0.2) is 0 Å². The second-order valence-corrected chi connectivity index (χ2v) is 5.57. The molecule has 1 aliphatic carbocycles. The maximum Gasteiger partial charge on any atom is 0.0214 e. The number of hydrogen-bond donors (Lipinski definition) is 0. The summed E-state index contributed by atoms with van der Waals surface area (Å²) in [6.45, 7) is 2.14. The highest BCUT2D eigenvalue weighted by molar-refractivity contribution is 9.09. The second-order valence-electron chi connectivity index (χ2n) is 4.40. The van der Waals surface area contributed by atoms with Crippen molar-refractivity contribution >= 4 is 15.9 Å². The van der Waals surface area contributed by atoms with Gasteiger partial charge in [0.25, 0.3) is 0 Å². The van der Waals surface area contributed by atoms with E-state index in [9.17, 15) is 0 Å². The summed E-state index contributed by atoms with van der Waals surface area (Å²) in [5.74, 6) is 0.927. The molecule has 76 valence electrons. The molecule has 0 aromatic heterocycles. The van der Waals surface area contributed by atoms with Crippen molar-refractivity contribution in [1.29, 1.82) is 0 Å². The number of rotatable bonds is 3. The topological polar surface area (TPSA) is 0 Å². The number of halogens is 1. The van der Waals surface area contributed by atoms with Crippen LogP contribution in [0.25, 0.3) is 0 Å². The molecule has 0 spiro atoms. The van der Waals surface area contributed by atoms with E-state index >= 15 is 0 Å². The maximum absolute atomic E-state index is 3.81. The van der Waals surface area contributed by atoms with E-state index in [2.05, 4.69) is 47.1 Å². The molecule has 14 heavy (non-hydrogen) atoms. The van der Waals surface area contributed by atoms with E-state index in [0.717, 1.165) is 5.92 Å². The smallest absolute Gasteiger partial charge is 0.0214 e. The van der Waals surface area contributed by atoms with Crippen LogP contribution in [-0.4, -0.2) is 4.83 Å². The van der Waals surface area contributed by atoms with Crippen molar-refractivity contribution in [1.82, 2.24) is 0 Å². The van der Waals surface area contributed by atoms with Crippen molar-refractivity contribution in [2.24, 2.45) is 5.92 Å². The summed E-state index contributed by atoms with van der Waals surface area (Å²) >= 11 is 3.81. The first-order valence-corrected chi connectivity index (χ1v) is 6.37. The molecule has 1 saturated carbocycles. The standard InChI is InChI=1S/C13H17Br/c1-10-5-7-11(8-6-10)9-13(14)12-3-2-4-12/h5-8,12-13H,2-4,9H2,1H3. The third-order valence-electron chi connectivity index (χ3n) is 3.21. The molecule has 1 atom stereocenters. The lowest BCUT2D eigenvalue weighted by atomic mass is 9.81. The Bertz CT molecular complexity index is 285. The van der Waals surface area contributed by atoms with Gasteiger partial charge in [-0.15, -0.1) is 0 Å². The van der Waals surface area contributed by atoms with Crippen LogP contribution in [0.4, 0.5) is 0 Å². The molecule has 0 bridgehead atoms. The lowest BCUT2D eigenvalue weighted by Crippen LogP contribution is -2.23. The van der Waals surface area contributed by atoms with Crippen molar-refractivity contribution in [2.45, 2.75) is 37.4 Å². The fraction of sp³-hybridized carbons (Fsp3) is 0.538. The van der Waals surface area contributed by atoms with Crippen molar-refractivity contribution in [3.05, 3.63) is 35.4 Å². The number of hydrogen-bond acceptors (Lipinski definition) is 0. The van der Waals surface area contributed by atoms with Gasteiger partial charge in [-0.05, 0) is 37.7 Å². The first-order chi connectivity index (χ1) is 6.75. The molecule has 0 nitrogen and oxygen atoms in total. The van der Waals surface area contributed by atoms with Crippen molar-refractivity contribution in [2.75, 3.05) is 0 Å². The fourth-order valence-electron chi connectivity index (χ4n) is 1.92. The average Bonchev–Trinajstić information content (AvgIpc) is 2.06. The molecule has 0 radical (unpaired) electrons. The summed E-state index contributed by atoms with van der Waals surface area (Å²) in [5, 5.41) is 0. The molecule has 0 saturated heterocycles. The molecule has 1 fully saturated rings. The molecule has 0 N–H and O–H groups in total. The molecular weight excluding hydrogens is 236 g/mol. The Hall–Kier alpha value is -0.300. The number of aryl methyl sites for hydroxylation is 1. The fourth-order valence-corrected chi connectivity index (χ4v) is 2.82. The molecule has 0 heterocycles. The van der Waals surface area contributed by atoms with Gasteiger partial charge < -0.3 is 0 Å². The predicted molar refractivity (Wildman–Crippen MR) is 64.9 cm³/mol. The summed E-state index contributed by atoms with van der Waals surface area (Å²) in [4.78, 5) is 0.693. The first kappa shape index (κ1) is 10.2. The molecule has 1 heteroatoms. The highest BCUT2D eigenvalue weighted by Crippen LogP contribution is 2.34. The van der Waals surface area contributed by atoms with Gasteiger partial charge in [0.05, 0.1) is 0 Å². The van der Waals surface area contributed by atoms with Crippen LogP contribution < -0.4 is 0 Å². The Morgan fingerprint density at radius 3 is 2.43 bits per heavy atom. The predicted octanol–water partition coefficient (Wildman–Crippen LogP) is 4.10. The van der Waals surface area contributed by atoms with Crippen molar-refractivity contribution < 1.29 is 0 Å². The number of benzene rings is 1. The second kappa shape index (κ2) is 4.48. The Kier molecular flexibility index (Phi) is 3.27. The SMILES string of the molecule is Cc1ccc(CC(Br)C2CCC2)cc1. The summed E-state index contributed by atoms with van der Waals surface area (Å²) in [5.41, 5.74) is 2.81. The highest BCUT2D eigenvalue weighted by atomic mass is 79.9. The van der Waals surface area contributed by atoms with E-state index in [1.54, 1.807) is 0 Å². The molecular formula is C13H17Br. The monoisotopic (exact) mass is 252 g/mol. The van der Waals surface area contributed by atoms with Gasteiger partial charge in [0.1, 0.15) is 0 Å². The summed E-state index contributed by atoms with van der Waals surface area (Å²) < 4.78 is 0. The normalized spacial score (nSPS) is 19.0. The minimum Gasteiger partial charge on any atom is -0.0884 e. The molecule has 1 aliphatic rings. The van der Waals surface area contributed by atoms with Crippen LogP contribution in [-0.2, 0) is 6.42 Å². The number of alkyl halides is 1. The highest BCUT2D eigenvalue weighted by Gasteiger charge is 2.24. The summed E-state index contributed by atoms with van der Waals surface area (Å²) in [6, 6.07) is 8.91. The zero-order chi connectivity index (χ0) is 9.97. The van der Waals surface area contributed by atoms with Crippen LogP contribution in [0, 0.1) is 12.8 Å². The van der Waals surface area contributed by atoms with Gasteiger partial charge in [0, 0.05) is 4.83 Å². The quantitative estimate of drug-likeness (QED) is 0.711. The summed E-state index contributed by atoms with van der Waals surface area (Å²) in [7, 11) is 0. The molecule has 1 unspecified atom stereocenters. The maximum atomic E-state index is 3.81. The molecule has 1 aromatic rings. The third kappa shape index (κ3) is 2.38. The van der Waals surface area contributed by atoms with Gasteiger partial charge in [-0.3, -0.25) is 0 Å². The Morgan fingerprint density at radius 1 is 1.29 bits per heavy atom. The van der Waals surface area contributed by atoms with E-state index in [4.69, 9.17) is 0 Å². The van der Waals surface area contributed by atoms with Crippen LogP contribution in [0.5, 0.6) is 0 Å². The van der Waals surface area contributed by atoms with Crippen molar-refractivity contribution in [3.63, 3.8) is 0 Å². The molecule has 0 amide bonds. The minimum absolute atomic E-state index is 0.693. The van der Waals surface area contributed by atoms with E-state index in [1.165, 1.54) is 36.8 Å². The van der Waals surface area contributed by atoms with E-state index < -0.39 is 0 Å². The zero-order valence-corrected chi connectivity index (χ0v) is 10.3. The van der Waals surface area contributed by atoms with Crippen molar-refractivity contribution in [3.8, 4) is 0 Å². The third-order valence-corrected chi connectivity index (χ3v) is 4.28. The molecule has 1 aromatic carbocycles. The van der Waals surface area contributed by atoms with Gasteiger partial charge >= 0.3 is 0 Å². The van der Waals surface area contributed by atoms with Gasteiger partial charge in [0.2, 0.25) is 0 Å². The average molecular weight is 253 g/mol. The van der Waals surface area contributed by atoms with Crippen LogP contribution in [0.2, 0.25) is 0 Å². The first-order valence-electron chi connectivity index (χ1n) is 5.45. The Balaban J connectivity index is 1.92. The summed E-state index contributed by atoms with van der Waals surface area (Å²) in [6.07, 6.45) is 5.45.